The van der Waals surface area contributed by atoms with E-state index >= 15 is 0 Å². The molecule has 0 aliphatic carbocycles. The molecule has 4 N–H and O–H groups in total. The number of carbonyl (C=O) groups is 1. The van der Waals surface area contributed by atoms with Crippen molar-refractivity contribution < 1.29 is 14.3 Å². The van der Waals surface area contributed by atoms with Gasteiger partial charge in [-0.05, 0) is 56.5 Å². The average molecular weight is 414 g/mol. The number of hydrogen-bond donors (Lipinski definition) is 3. The molecule has 1 fully saturated rings. The lowest BCUT2D eigenvalue weighted by molar-refractivity contribution is -0.117. The molecule has 3 rings (SSSR count). The summed E-state index contributed by atoms with van der Waals surface area (Å²) in [4.78, 5) is 18.9. The van der Waals surface area contributed by atoms with Crippen molar-refractivity contribution >= 4 is 23.1 Å². The topological polar surface area (TPSA) is 102 Å². The monoisotopic (exact) mass is 413 g/mol. The fourth-order valence-corrected chi connectivity index (χ4v) is 3.61. The Morgan fingerprint density at radius 1 is 1.23 bits per heavy atom. The molecule has 0 atom stereocenters. The van der Waals surface area contributed by atoms with E-state index in [1.54, 1.807) is 31.5 Å². The minimum absolute atomic E-state index is 0.0717. The number of nitrogen functional groups attached to an aromatic ring is 1. The van der Waals surface area contributed by atoms with Gasteiger partial charge in [-0.3, -0.25) is 9.69 Å². The molecule has 8 heteroatoms. The van der Waals surface area contributed by atoms with Gasteiger partial charge in [0.25, 0.3) is 0 Å². The highest BCUT2D eigenvalue weighted by molar-refractivity contribution is 5.91. The van der Waals surface area contributed by atoms with Gasteiger partial charge in [0.15, 0.2) is 0 Å². The Morgan fingerprint density at radius 3 is 2.70 bits per heavy atom. The molecule has 0 radical (unpaired) electrons. The second-order valence-corrected chi connectivity index (χ2v) is 7.53. The van der Waals surface area contributed by atoms with Gasteiger partial charge in [0.05, 0.1) is 17.9 Å². The van der Waals surface area contributed by atoms with Crippen LogP contribution in [0.5, 0.6) is 11.5 Å². The number of carbonyl (C=O) groups excluding carboxylic acids is 1. The highest BCUT2D eigenvalue weighted by Gasteiger charge is 2.20. The number of rotatable bonds is 9. The molecule has 162 valence electrons. The second kappa shape index (κ2) is 10.8. The predicted molar refractivity (Wildman–Crippen MR) is 119 cm³/mol. The molecule has 0 bridgehead atoms. The van der Waals surface area contributed by atoms with Crippen LogP contribution in [-0.4, -0.2) is 56.2 Å². The molecule has 0 saturated carbocycles. The zero-order valence-corrected chi connectivity index (χ0v) is 17.7. The molecule has 0 spiro atoms. The molecular formula is C22H31N5O3. The largest absolute Gasteiger partial charge is 0.457 e. The van der Waals surface area contributed by atoms with E-state index in [0.29, 0.717) is 35.5 Å². The number of hydrogen-bond acceptors (Lipinski definition) is 7. The Hall–Kier alpha value is -2.84. The molecule has 1 amide bonds. The molecule has 2 aromatic rings. The van der Waals surface area contributed by atoms with Crippen molar-refractivity contribution in [3.05, 3.63) is 36.5 Å². The summed E-state index contributed by atoms with van der Waals surface area (Å²) < 4.78 is 11.0. The molecule has 1 aliphatic heterocycles. The molecule has 1 saturated heterocycles. The van der Waals surface area contributed by atoms with Gasteiger partial charge in [-0.2, -0.15) is 0 Å². The SMILES string of the molecule is CNc1ccc(Oc2ccnc(NC(=O)CN3CCC(CCOC)CC3)c2)cc1N. The maximum atomic E-state index is 12.4. The van der Waals surface area contributed by atoms with E-state index in [-0.39, 0.29) is 5.91 Å². The first kappa shape index (κ1) is 21.9. The number of methoxy groups -OCH3 is 1. The van der Waals surface area contributed by atoms with Gasteiger partial charge in [0.2, 0.25) is 5.91 Å². The standard InChI is InChI=1S/C22H31N5O3/c1-24-20-4-3-17(13-19(20)23)30-18-5-9-25-21(14-18)26-22(28)15-27-10-6-16(7-11-27)8-12-29-2/h3-5,9,13-14,16,24H,6-8,10-12,15,23H2,1-2H3,(H,25,26,28). The van der Waals surface area contributed by atoms with E-state index in [0.717, 1.165) is 44.6 Å². The summed E-state index contributed by atoms with van der Waals surface area (Å²) in [7, 11) is 3.55. The number of piperidine rings is 1. The van der Waals surface area contributed by atoms with Crippen LogP contribution in [0.4, 0.5) is 17.2 Å². The lowest BCUT2D eigenvalue weighted by Gasteiger charge is -2.31. The summed E-state index contributed by atoms with van der Waals surface area (Å²) in [5.41, 5.74) is 7.42. The van der Waals surface area contributed by atoms with E-state index in [1.807, 2.05) is 19.2 Å². The number of amides is 1. The van der Waals surface area contributed by atoms with Crippen LogP contribution in [0.15, 0.2) is 36.5 Å². The van der Waals surface area contributed by atoms with Crippen LogP contribution in [0.2, 0.25) is 0 Å². The number of pyridine rings is 1. The molecule has 1 aromatic carbocycles. The summed E-state index contributed by atoms with van der Waals surface area (Å²) in [5.74, 6) is 2.28. The molecule has 1 aliphatic rings. The number of benzene rings is 1. The third-order valence-corrected chi connectivity index (χ3v) is 5.33. The van der Waals surface area contributed by atoms with E-state index in [2.05, 4.69) is 20.5 Å². The van der Waals surface area contributed by atoms with Crippen LogP contribution in [0.3, 0.4) is 0 Å². The number of nitrogens with one attached hydrogen (secondary N) is 2. The number of nitrogens with zero attached hydrogens (tertiary/aromatic N) is 2. The van der Waals surface area contributed by atoms with Gasteiger partial charge in [0, 0.05) is 39.1 Å². The van der Waals surface area contributed by atoms with Crippen molar-refractivity contribution in [2.24, 2.45) is 5.92 Å². The molecule has 1 aromatic heterocycles. The Labute approximate surface area is 177 Å². The van der Waals surface area contributed by atoms with Crippen LogP contribution in [0, 0.1) is 5.92 Å². The van der Waals surface area contributed by atoms with Gasteiger partial charge in [-0.15, -0.1) is 0 Å². The first-order valence-electron chi connectivity index (χ1n) is 10.3. The lowest BCUT2D eigenvalue weighted by atomic mass is 9.94. The summed E-state index contributed by atoms with van der Waals surface area (Å²) in [5, 5.41) is 5.88. The minimum atomic E-state index is -0.0717. The predicted octanol–water partition coefficient (Wildman–Crippen LogP) is 3.18. The van der Waals surface area contributed by atoms with Crippen molar-refractivity contribution in [1.29, 1.82) is 0 Å². The summed E-state index contributed by atoms with van der Waals surface area (Å²) in [6.45, 7) is 3.04. The van der Waals surface area contributed by atoms with Gasteiger partial charge in [-0.1, -0.05) is 0 Å². The molecule has 2 heterocycles. The molecule has 0 unspecified atom stereocenters. The number of ether oxygens (including phenoxy) is 2. The lowest BCUT2D eigenvalue weighted by Crippen LogP contribution is -2.39. The Bertz CT molecular complexity index is 837. The third-order valence-electron chi connectivity index (χ3n) is 5.33. The van der Waals surface area contributed by atoms with Crippen molar-refractivity contribution in [3.8, 4) is 11.5 Å². The Kier molecular flexibility index (Phi) is 7.87. The van der Waals surface area contributed by atoms with Crippen LogP contribution in [0.25, 0.3) is 0 Å². The molecular weight excluding hydrogens is 382 g/mol. The quantitative estimate of drug-likeness (QED) is 0.543. The number of anilines is 3. The second-order valence-electron chi connectivity index (χ2n) is 7.53. The fraction of sp³-hybridized carbons (Fsp3) is 0.455. The van der Waals surface area contributed by atoms with E-state index < -0.39 is 0 Å². The molecule has 30 heavy (non-hydrogen) atoms. The van der Waals surface area contributed by atoms with Gasteiger partial charge in [-0.25, -0.2) is 4.98 Å². The highest BCUT2D eigenvalue weighted by atomic mass is 16.5. The summed E-state index contributed by atoms with van der Waals surface area (Å²) in [6.07, 6.45) is 4.91. The first-order valence-corrected chi connectivity index (χ1v) is 10.3. The highest BCUT2D eigenvalue weighted by Crippen LogP contribution is 2.28. The van der Waals surface area contributed by atoms with Gasteiger partial charge in [0.1, 0.15) is 17.3 Å². The van der Waals surface area contributed by atoms with E-state index in [1.165, 1.54) is 0 Å². The Morgan fingerprint density at radius 2 is 2.00 bits per heavy atom. The van der Waals surface area contributed by atoms with Gasteiger partial charge < -0.3 is 25.8 Å². The minimum Gasteiger partial charge on any atom is -0.457 e. The maximum absolute atomic E-state index is 12.4. The summed E-state index contributed by atoms with van der Waals surface area (Å²) in [6, 6.07) is 8.88. The number of likely N-dealkylation sites (tertiary alicyclic amines) is 1. The number of aromatic nitrogens is 1. The average Bonchev–Trinajstić information content (AvgIpc) is 2.73. The smallest absolute Gasteiger partial charge is 0.239 e. The molecule has 8 nitrogen and oxygen atoms in total. The first-order chi connectivity index (χ1) is 14.6. The van der Waals surface area contributed by atoms with Crippen LogP contribution in [-0.2, 0) is 9.53 Å². The zero-order chi connectivity index (χ0) is 21.3. The van der Waals surface area contributed by atoms with Crippen molar-refractivity contribution in [2.45, 2.75) is 19.3 Å². The van der Waals surface area contributed by atoms with E-state index in [9.17, 15) is 4.79 Å². The fourth-order valence-electron chi connectivity index (χ4n) is 3.61. The Balaban J connectivity index is 1.50. The maximum Gasteiger partial charge on any atom is 0.239 e. The zero-order valence-electron chi connectivity index (χ0n) is 17.7. The summed E-state index contributed by atoms with van der Waals surface area (Å²) >= 11 is 0. The van der Waals surface area contributed by atoms with Crippen LogP contribution < -0.4 is 21.1 Å². The van der Waals surface area contributed by atoms with Crippen molar-refractivity contribution in [3.63, 3.8) is 0 Å². The van der Waals surface area contributed by atoms with E-state index in [4.69, 9.17) is 15.2 Å². The van der Waals surface area contributed by atoms with Crippen molar-refractivity contribution in [1.82, 2.24) is 9.88 Å². The third kappa shape index (κ3) is 6.33. The van der Waals surface area contributed by atoms with Crippen LogP contribution >= 0.6 is 0 Å². The number of nitrogens with two attached hydrogens (primary N) is 1. The van der Waals surface area contributed by atoms with Crippen LogP contribution in [0.1, 0.15) is 19.3 Å². The van der Waals surface area contributed by atoms with Crippen molar-refractivity contribution in [2.75, 3.05) is 56.8 Å². The van der Waals surface area contributed by atoms with Gasteiger partial charge >= 0.3 is 0 Å². The normalized spacial score (nSPS) is 15.0.